The highest BCUT2D eigenvalue weighted by molar-refractivity contribution is 14.1. The lowest BCUT2D eigenvalue weighted by Gasteiger charge is -1.99. The van der Waals surface area contributed by atoms with Crippen LogP contribution in [0.3, 0.4) is 0 Å². The first-order valence-electron chi connectivity index (χ1n) is 11.2. The van der Waals surface area contributed by atoms with Crippen molar-refractivity contribution in [2.45, 2.75) is 40.4 Å². The van der Waals surface area contributed by atoms with Gasteiger partial charge in [0.1, 0.15) is 11.6 Å². The normalized spacial score (nSPS) is 11.7. The molecule has 0 bridgehead atoms. The lowest BCUT2D eigenvalue weighted by molar-refractivity contribution is 0.619. The Hall–Kier alpha value is -2.61. The molecular weight excluding hydrogens is 707 g/mol. The zero-order valence-corrected chi connectivity index (χ0v) is 25.4. The minimum Gasteiger partial charge on any atom is -0.388 e. The standard InChI is InChI=1S/C9H10FIN2.C9H11FN2.C9H11IN2/c1-6(12)13-5-7-2-3-8(10)9(11)4-7;1-7(11)12-6-8-3-2-4-9(10)5-8;1-7(11)12-6-8-2-4-9(10)5-3-8/h2-4H,5H2,1H3,(H2,12,13);2*2-5H,6H2,1H3,(H2,11,12)/i11+4;10-1;10+4. The van der Waals surface area contributed by atoms with E-state index in [0.717, 1.165) is 11.1 Å². The summed E-state index contributed by atoms with van der Waals surface area (Å²) in [5.74, 6) is 1.25. The highest BCUT2D eigenvalue weighted by Crippen LogP contribution is 2.13. The van der Waals surface area contributed by atoms with Gasteiger partial charge in [-0.15, -0.1) is 0 Å². The van der Waals surface area contributed by atoms with Crippen LogP contribution in [0.2, 0.25) is 0 Å². The van der Waals surface area contributed by atoms with Crippen molar-refractivity contribution in [3.63, 3.8) is 0 Å². The fourth-order valence-corrected chi connectivity index (χ4v) is 3.45. The first-order valence-corrected chi connectivity index (χ1v) is 13.3. The molecule has 0 aliphatic rings. The van der Waals surface area contributed by atoms with Gasteiger partial charge in [0.25, 0.3) is 0 Å². The van der Waals surface area contributed by atoms with Gasteiger partial charge in [-0.2, -0.15) is 0 Å². The number of rotatable bonds is 6. The van der Waals surface area contributed by atoms with Gasteiger partial charge in [0.05, 0.1) is 37.1 Å². The number of halogens is 4. The number of aliphatic imine (C=N–C) groups is 3. The number of hydrogen-bond donors (Lipinski definition) is 3. The van der Waals surface area contributed by atoms with Gasteiger partial charge in [0.2, 0.25) is 0 Å². The fourth-order valence-electron chi connectivity index (χ4n) is 2.51. The van der Waals surface area contributed by atoms with E-state index in [1.165, 1.54) is 27.3 Å². The molecule has 6 N–H and O–H groups in total. The Labute approximate surface area is 244 Å². The molecule has 37 heavy (non-hydrogen) atoms. The van der Waals surface area contributed by atoms with Gasteiger partial charge in [-0.25, -0.2) is 8.78 Å². The van der Waals surface area contributed by atoms with Crippen LogP contribution >= 0.6 is 45.2 Å². The van der Waals surface area contributed by atoms with Crippen LogP contribution in [0.15, 0.2) is 81.7 Å². The zero-order valence-electron chi connectivity index (χ0n) is 21.1. The van der Waals surface area contributed by atoms with Crippen molar-refractivity contribution in [1.82, 2.24) is 0 Å². The minimum absolute atomic E-state index is 0.196. The summed E-state index contributed by atoms with van der Waals surface area (Å²) in [6.07, 6.45) is 0. The summed E-state index contributed by atoms with van der Waals surface area (Å²) in [6.45, 7) is 6.87. The van der Waals surface area contributed by atoms with Gasteiger partial charge in [-0.1, -0.05) is 30.3 Å². The maximum absolute atomic E-state index is 12.8. The maximum atomic E-state index is 12.8. The molecule has 0 heterocycles. The molecule has 3 rings (SSSR count). The topological polar surface area (TPSA) is 115 Å². The van der Waals surface area contributed by atoms with Crippen LogP contribution < -0.4 is 17.2 Å². The summed E-state index contributed by atoms with van der Waals surface area (Å²) in [6, 6.07) is 19.5. The predicted octanol–water partition coefficient (Wildman–Crippen LogP) is 6.18. The Morgan fingerprint density at radius 3 is 1.57 bits per heavy atom. The van der Waals surface area contributed by atoms with Crippen LogP contribution in [-0.2, 0) is 19.6 Å². The Morgan fingerprint density at radius 2 is 1.11 bits per heavy atom. The van der Waals surface area contributed by atoms with Crippen molar-refractivity contribution in [1.29, 1.82) is 0 Å². The van der Waals surface area contributed by atoms with E-state index in [9.17, 15) is 8.78 Å². The first-order chi connectivity index (χ1) is 17.5. The number of hydrogen-bond acceptors (Lipinski definition) is 3. The summed E-state index contributed by atoms with van der Waals surface area (Å²) in [4.78, 5) is 12.1. The first kappa shape index (κ1) is 32.4. The second-order valence-electron chi connectivity index (χ2n) is 7.88. The van der Waals surface area contributed by atoms with E-state index in [1.54, 1.807) is 39.0 Å². The third-order valence-electron chi connectivity index (χ3n) is 4.32. The van der Waals surface area contributed by atoms with Crippen molar-refractivity contribution in [3.8, 4) is 0 Å². The van der Waals surface area contributed by atoms with Gasteiger partial charge >= 0.3 is 0 Å². The van der Waals surface area contributed by atoms with E-state index in [1.807, 2.05) is 28.7 Å². The van der Waals surface area contributed by atoms with Crippen molar-refractivity contribution < 1.29 is 8.78 Å². The van der Waals surface area contributed by atoms with Gasteiger partial charge < -0.3 is 17.2 Å². The molecule has 0 radical (unpaired) electrons. The van der Waals surface area contributed by atoms with Crippen LogP contribution in [0, 0.1) is 18.8 Å². The summed E-state index contributed by atoms with van der Waals surface area (Å²) < 4.78 is 27.3. The number of nitrogens with zero attached hydrogens (tertiary/aromatic N) is 3. The number of benzene rings is 3. The van der Waals surface area contributed by atoms with E-state index < -0.39 is 0 Å². The summed E-state index contributed by atoms with van der Waals surface area (Å²) >= 11 is 4.23. The second-order valence-corrected chi connectivity index (χ2v) is 10.3. The summed E-state index contributed by atoms with van der Waals surface area (Å²) in [7, 11) is 0. The Balaban J connectivity index is 0.000000278. The van der Waals surface area contributed by atoms with Crippen molar-refractivity contribution in [2.24, 2.45) is 32.2 Å². The van der Waals surface area contributed by atoms with Gasteiger partial charge in [-0.05, 0) is 119 Å². The van der Waals surface area contributed by atoms with E-state index in [4.69, 9.17) is 17.2 Å². The van der Waals surface area contributed by atoms with Crippen LogP contribution in [0.4, 0.5) is 8.78 Å². The maximum Gasteiger partial charge on any atom is 0.136 e. The molecule has 0 amide bonds. The van der Waals surface area contributed by atoms with Gasteiger partial charge in [0, 0.05) is 7.14 Å². The number of amidine groups is 3. The van der Waals surface area contributed by atoms with Crippen molar-refractivity contribution in [2.75, 3.05) is 0 Å². The Morgan fingerprint density at radius 1 is 0.649 bits per heavy atom. The predicted molar refractivity (Wildman–Crippen MR) is 168 cm³/mol. The monoisotopic (exact) mass is 739 g/mol. The van der Waals surface area contributed by atoms with Crippen LogP contribution in [0.25, 0.3) is 0 Å². The molecule has 6 nitrogen and oxygen atoms in total. The van der Waals surface area contributed by atoms with Crippen LogP contribution in [-0.4, -0.2) is 17.5 Å². The third kappa shape index (κ3) is 16.0. The lowest BCUT2D eigenvalue weighted by Crippen LogP contribution is -2.05. The van der Waals surface area contributed by atoms with Crippen molar-refractivity contribution in [3.05, 3.63) is 102 Å². The molecule has 0 aliphatic heterocycles. The molecular formula is C27H32F2I2N6. The second kappa shape index (κ2) is 17.8. The summed E-state index contributed by atoms with van der Waals surface area (Å²) in [5, 5.41) is 0. The SMILES string of the molecule is CC(N)=NCc1ccc(F)c([131I])c1.CC(N)=NCc1ccc([131I])cc1.CC(N)=NCc1cccc([18F])c1. The zero-order chi connectivity index (χ0) is 27.8. The third-order valence-corrected chi connectivity index (χ3v) is 5.87. The molecule has 198 valence electrons. The van der Waals surface area contributed by atoms with E-state index in [-0.39, 0.29) is 11.6 Å². The smallest absolute Gasteiger partial charge is 0.136 e. The molecule has 0 unspecified atom stereocenters. The summed E-state index contributed by atoms with van der Waals surface area (Å²) in [5.41, 5.74) is 19.1. The molecule has 0 aromatic heterocycles. The highest BCUT2D eigenvalue weighted by Gasteiger charge is 1.99. The Kier molecular flexibility index (Phi) is 15.6. The minimum atomic E-state index is -0.239. The van der Waals surface area contributed by atoms with Crippen LogP contribution in [0.5, 0.6) is 0 Å². The molecule has 0 aliphatic carbocycles. The van der Waals surface area contributed by atoms with Gasteiger partial charge in [-0.3, -0.25) is 15.0 Å². The lowest BCUT2D eigenvalue weighted by atomic mass is 10.2. The molecule has 0 atom stereocenters. The van der Waals surface area contributed by atoms with E-state index in [0.29, 0.717) is 40.7 Å². The average molecular weight is 739 g/mol. The molecule has 3 aromatic carbocycles. The van der Waals surface area contributed by atoms with E-state index >= 15 is 0 Å². The Bertz CT molecular complexity index is 1200. The van der Waals surface area contributed by atoms with Gasteiger partial charge in [0.15, 0.2) is 0 Å². The largest absolute Gasteiger partial charge is 0.388 e. The average Bonchev–Trinajstić information content (AvgIpc) is 2.84. The van der Waals surface area contributed by atoms with Crippen LogP contribution in [0.1, 0.15) is 37.5 Å². The molecule has 3 aromatic rings. The molecule has 0 saturated heterocycles. The molecule has 0 saturated carbocycles. The number of nitrogens with two attached hydrogens (primary N) is 3. The molecule has 10 heteroatoms. The highest BCUT2D eigenvalue weighted by atomic mass is 131. The van der Waals surface area contributed by atoms with E-state index in [2.05, 4.69) is 61.8 Å². The van der Waals surface area contributed by atoms with Crippen molar-refractivity contribution >= 4 is 62.7 Å². The quantitative estimate of drug-likeness (QED) is 0.160. The fraction of sp³-hybridized carbons (Fsp3) is 0.222. The molecule has 0 fully saturated rings. The molecule has 0 spiro atoms.